The standard InChI is InChI=1S/C13H15NO3/c1-2-17-13(16)6-4-10-3-5-11(8-14)12(7-10)9-15/h3,5,7,15H,2,4,6,9H2,1H3. The number of carbonyl (C=O) groups excluding carboxylic acids is 1. The summed E-state index contributed by atoms with van der Waals surface area (Å²) in [7, 11) is 0. The summed E-state index contributed by atoms with van der Waals surface area (Å²) in [6.45, 7) is 1.98. The predicted octanol–water partition coefficient (Wildman–Crippen LogP) is 1.55. The second-order valence-electron chi connectivity index (χ2n) is 3.57. The first-order valence-electron chi connectivity index (χ1n) is 5.49. The molecule has 0 aliphatic heterocycles. The number of carbonyl (C=O) groups is 1. The van der Waals surface area contributed by atoms with Crippen LogP contribution in [0.15, 0.2) is 18.2 Å². The Morgan fingerprint density at radius 1 is 1.53 bits per heavy atom. The Morgan fingerprint density at radius 2 is 2.29 bits per heavy atom. The molecule has 0 fully saturated rings. The van der Waals surface area contributed by atoms with Crippen LogP contribution in [0.2, 0.25) is 0 Å². The fraction of sp³-hybridized carbons (Fsp3) is 0.385. The molecule has 0 unspecified atom stereocenters. The van der Waals surface area contributed by atoms with Crippen molar-refractivity contribution in [2.75, 3.05) is 6.61 Å². The van der Waals surface area contributed by atoms with Crippen LogP contribution in [0, 0.1) is 11.3 Å². The zero-order chi connectivity index (χ0) is 12.7. The van der Waals surface area contributed by atoms with Gasteiger partial charge < -0.3 is 9.84 Å². The van der Waals surface area contributed by atoms with Crippen LogP contribution in [0.3, 0.4) is 0 Å². The van der Waals surface area contributed by atoms with Gasteiger partial charge in [0.1, 0.15) is 0 Å². The molecule has 0 aliphatic rings. The summed E-state index contributed by atoms with van der Waals surface area (Å²) in [5, 5.41) is 17.9. The Kier molecular flexibility index (Phi) is 5.18. The van der Waals surface area contributed by atoms with Gasteiger partial charge in [0.2, 0.25) is 0 Å². The van der Waals surface area contributed by atoms with Gasteiger partial charge in [-0.05, 0) is 30.5 Å². The van der Waals surface area contributed by atoms with Gasteiger partial charge in [-0.3, -0.25) is 4.79 Å². The van der Waals surface area contributed by atoms with Gasteiger partial charge in [-0.25, -0.2) is 0 Å². The van der Waals surface area contributed by atoms with Crippen LogP contribution in [0.25, 0.3) is 0 Å². The maximum absolute atomic E-state index is 11.2. The van der Waals surface area contributed by atoms with Crippen molar-refractivity contribution >= 4 is 5.97 Å². The maximum Gasteiger partial charge on any atom is 0.306 e. The highest BCUT2D eigenvalue weighted by atomic mass is 16.5. The highest BCUT2D eigenvalue weighted by Crippen LogP contribution is 2.13. The molecule has 0 aliphatic carbocycles. The summed E-state index contributed by atoms with van der Waals surface area (Å²) in [6, 6.07) is 7.20. The minimum atomic E-state index is -0.234. The molecule has 0 bridgehead atoms. The number of esters is 1. The molecule has 0 saturated carbocycles. The summed E-state index contributed by atoms with van der Waals surface area (Å²) in [5.74, 6) is -0.234. The lowest BCUT2D eigenvalue weighted by atomic mass is 10.0. The van der Waals surface area contributed by atoms with E-state index < -0.39 is 0 Å². The quantitative estimate of drug-likeness (QED) is 0.783. The van der Waals surface area contributed by atoms with Crippen molar-refractivity contribution < 1.29 is 14.6 Å². The van der Waals surface area contributed by atoms with Crippen LogP contribution < -0.4 is 0 Å². The van der Waals surface area contributed by atoms with Gasteiger partial charge in [-0.1, -0.05) is 12.1 Å². The molecule has 1 N–H and O–H groups in total. The molecule has 0 radical (unpaired) electrons. The molecule has 0 saturated heterocycles. The van der Waals surface area contributed by atoms with E-state index in [1.807, 2.05) is 6.07 Å². The molecule has 90 valence electrons. The summed E-state index contributed by atoms with van der Waals surface area (Å²) < 4.78 is 4.82. The zero-order valence-electron chi connectivity index (χ0n) is 9.77. The van der Waals surface area contributed by atoms with Crippen LogP contribution in [0.5, 0.6) is 0 Å². The van der Waals surface area contributed by atoms with E-state index in [-0.39, 0.29) is 12.6 Å². The van der Waals surface area contributed by atoms with E-state index in [0.717, 1.165) is 5.56 Å². The number of aliphatic hydroxyl groups excluding tert-OH is 1. The van der Waals surface area contributed by atoms with Crippen molar-refractivity contribution in [1.29, 1.82) is 5.26 Å². The highest BCUT2D eigenvalue weighted by molar-refractivity contribution is 5.69. The largest absolute Gasteiger partial charge is 0.466 e. The summed E-state index contributed by atoms with van der Waals surface area (Å²) in [5.41, 5.74) is 1.97. The number of aliphatic hydroxyl groups is 1. The van der Waals surface area contributed by atoms with Crippen molar-refractivity contribution in [1.82, 2.24) is 0 Å². The van der Waals surface area contributed by atoms with E-state index >= 15 is 0 Å². The molecule has 1 aromatic carbocycles. The zero-order valence-corrected chi connectivity index (χ0v) is 9.77. The first kappa shape index (κ1) is 13.2. The minimum Gasteiger partial charge on any atom is -0.466 e. The van der Waals surface area contributed by atoms with E-state index in [1.165, 1.54) is 0 Å². The van der Waals surface area contributed by atoms with Crippen molar-refractivity contribution in [3.63, 3.8) is 0 Å². The van der Waals surface area contributed by atoms with Gasteiger partial charge in [-0.15, -0.1) is 0 Å². The van der Waals surface area contributed by atoms with Gasteiger partial charge in [-0.2, -0.15) is 5.26 Å². The topological polar surface area (TPSA) is 70.3 Å². The Hall–Kier alpha value is -1.86. The lowest BCUT2D eigenvalue weighted by Gasteiger charge is -2.05. The van der Waals surface area contributed by atoms with Crippen LogP contribution in [0.1, 0.15) is 30.0 Å². The number of hydrogen-bond acceptors (Lipinski definition) is 4. The van der Waals surface area contributed by atoms with Gasteiger partial charge >= 0.3 is 5.97 Å². The summed E-state index contributed by atoms with van der Waals surface area (Å²) in [6.07, 6.45) is 0.863. The van der Waals surface area contributed by atoms with E-state index in [9.17, 15) is 4.79 Å². The Bertz CT molecular complexity index is 435. The summed E-state index contributed by atoms with van der Waals surface area (Å²) >= 11 is 0. The second kappa shape index (κ2) is 6.66. The van der Waals surface area contributed by atoms with Gasteiger partial charge in [0.25, 0.3) is 0 Å². The monoisotopic (exact) mass is 233 g/mol. The van der Waals surface area contributed by atoms with Crippen LogP contribution in [-0.2, 0) is 22.6 Å². The average Bonchev–Trinajstić information content (AvgIpc) is 2.36. The van der Waals surface area contributed by atoms with Gasteiger partial charge in [0.15, 0.2) is 0 Å². The van der Waals surface area contributed by atoms with Crippen LogP contribution in [-0.4, -0.2) is 17.7 Å². The fourth-order valence-corrected chi connectivity index (χ4v) is 1.52. The van der Waals surface area contributed by atoms with Gasteiger partial charge in [0.05, 0.1) is 24.8 Å². The summed E-state index contributed by atoms with van der Waals surface area (Å²) in [4.78, 5) is 11.2. The highest BCUT2D eigenvalue weighted by Gasteiger charge is 2.05. The maximum atomic E-state index is 11.2. The van der Waals surface area contributed by atoms with Crippen molar-refractivity contribution in [3.8, 4) is 6.07 Å². The average molecular weight is 233 g/mol. The number of benzene rings is 1. The molecule has 0 spiro atoms. The SMILES string of the molecule is CCOC(=O)CCc1ccc(C#N)c(CO)c1. The second-order valence-corrected chi connectivity index (χ2v) is 3.57. The van der Waals surface area contributed by atoms with Crippen molar-refractivity contribution in [2.24, 2.45) is 0 Å². The number of hydrogen-bond donors (Lipinski definition) is 1. The fourth-order valence-electron chi connectivity index (χ4n) is 1.52. The van der Waals surface area contributed by atoms with E-state index in [4.69, 9.17) is 15.1 Å². The lowest BCUT2D eigenvalue weighted by Crippen LogP contribution is -2.05. The minimum absolute atomic E-state index is 0.170. The molecule has 4 heteroatoms. The third kappa shape index (κ3) is 3.89. The van der Waals surface area contributed by atoms with Crippen LogP contribution >= 0.6 is 0 Å². The number of nitriles is 1. The van der Waals surface area contributed by atoms with E-state index in [0.29, 0.717) is 30.6 Å². The first-order valence-corrected chi connectivity index (χ1v) is 5.49. The number of aryl methyl sites for hydroxylation is 1. The smallest absolute Gasteiger partial charge is 0.306 e. The first-order chi connectivity index (χ1) is 8.21. The van der Waals surface area contributed by atoms with Crippen LogP contribution in [0.4, 0.5) is 0 Å². The molecular formula is C13H15NO3. The van der Waals surface area contributed by atoms with E-state index in [2.05, 4.69) is 0 Å². The third-order valence-corrected chi connectivity index (χ3v) is 2.38. The molecule has 0 amide bonds. The molecule has 17 heavy (non-hydrogen) atoms. The van der Waals surface area contributed by atoms with Gasteiger partial charge in [0, 0.05) is 6.42 Å². The van der Waals surface area contributed by atoms with E-state index in [1.54, 1.807) is 25.1 Å². The lowest BCUT2D eigenvalue weighted by molar-refractivity contribution is -0.143. The van der Waals surface area contributed by atoms with Crippen molar-refractivity contribution in [2.45, 2.75) is 26.4 Å². The van der Waals surface area contributed by atoms with Crippen molar-refractivity contribution in [3.05, 3.63) is 34.9 Å². The third-order valence-electron chi connectivity index (χ3n) is 2.38. The molecule has 1 aromatic rings. The molecule has 1 rings (SSSR count). The number of ether oxygens (including phenoxy) is 1. The Balaban J connectivity index is 2.67. The number of rotatable bonds is 5. The molecule has 0 aromatic heterocycles. The molecule has 0 atom stereocenters. The molecular weight excluding hydrogens is 218 g/mol. The predicted molar refractivity (Wildman–Crippen MR) is 62.0 cm³/mol. The molecule has 4 nitrogen and oxygen atoms in total. The Labute approximate surface area is 100 Å². The normalized spacial score (nSPS) is 9.71. The number of nitrogens with zero attached hydrogens (tertiary/aromatic N) is 1. The molecule has 0 heterocycles. The Morgan fingerprint density at radius 3 is 2.88 bits per heavy atom.